The van der Waals surface area contributed by atoms with Gasteiger partial charge in [-0.1, -0.05) is 54.6 Å². The van der Waals surface area contributed by atoms with Crippen LogP contribution in [0.4, 0.5) is 0 Å². The van der Waals surface area contributed by atoms with Gasteiger partial charge < -0.3 is 9.84 Å². The highest BCUT2D eigenvalue weighted by Gasteiger charge is 2.27. The van der Waals surface area contributed by atoms with E-state index >= 15 is 0 Å². The summed E-state index contributed by atoms with van der Waals surface area (Å²) >= 11 is 0. The summed E-state index contributed by atoms with van der Waals surface area (Å²) in [7, 11) is 0. The molecule has 0 amide bonds. The lowest BCUT2D eigenvalue weighted by Gasteiger charge is -2.32. The van der Waals surface area contributed by atoms with Crippen molar-refractivity contribution in [2.24, 2.45) is 0 Å². The van der Waals surface area contributed by atoms with Gasteiger partial charge in [-0.05, 0) is 30.0 Å². The number of rotatable bonds is 5. The van der Waals surface area contributed by atoms with Gasteiger partial charge in [-0.3, -0.25) is 4.90 Å². The summed E-state index contributed by atoms with van der Waals surface area (Å²) < 4.78 is 5.39. The highest BCUT2D eigenvalue weighted by atomic mass is 16.5. The summed E-state index contributed by atoms with van der Waals surface area (Å²) in [6.45, 7) is 6.31. The molecule has 1 aliphatic rings. The van der Waals surface area contributed by atoms with Crippen molar-refractivity contribution in [2.75, 3.05) is 32.8 Å². The number of hydrogen-bond donors (Lipinski definition) is 1. The van der Waals surface area contributed by atoms with E-state index in [4.69, 9.17) is 4.74 Å². The second-order valence-corrected chi connectivity index (χ2v) is 6.39. The molecule has 1 saturated heterocycles. The summed E-state index contributed by atoms with van der Waals surface area (Å²) in [4.78, 5) is 2.36. The first kappa shape index (κ1) is 16.2. The summed E-state index contributed by atoms with van der Waals surface area (Å²) in [5.41, 5.74) is 2.42. The Balaban J connectivity index is 1.79. The van der Waals surface area contributed by atoms with E-state index in [-0.39, 0.29) is 0 Å². The number of aliphatic hydroxyl groups is 1. The van der Waals surface area contributed by atoms with E-state index in [0.717, 1.165) is 56.0 Å². The second kappa shape index (κ2) is 7.26. The molecule has 0 radical (unpaired) electrons. The Kier molecular flexibility index (Phi) is 5.11. The highest BCUT2D eigenvalue weighted by Crippen LogP contribution is 2.33. The molecule has 2 aromatic rings. The maximum absolute atomic E-state index is 11.1. The Labute approximate surface area is 138 Å². The smallest absolute Gasteiger partial charge is 0.0886 e. The zero-order valence-electron chi connectivity index (χ0n) is 13.7. The zero-order chi connectivity index (χ0) is 16.1. The molecule has 0 aliphatic carbocycles. The predicted molar refractivity (Wildman–Crippen MR) is 93.3 cm³/mol. The van der Waals surface area contributed by atoms with Crippen molar-refractivity contribution in [3.63, 3.8) is 0 Å². The number of nitrogens with zero attached hydrogens (tertiary/aromatic N) is 1. The van der Waals surface area contributed by atoms with E-state index in [2.05, 4.69) is 23.1 Å². The lowest BCUT2D eigenvalue weighted by molar-refractivity contribution is 0.00574. The van der Waals surface area contributed by atoms with E-state index in [0.29, 0.717) is 0 Å². The van der Waals surface area contributed by atoms with Crippen LogP contribution < -0.4 is 0 Å². The molecule has 122 valence electrons. The third-order valence-electron chi connectivity index (χ3n) is 4.61. The Bertz CT molecular complexity index is 619. The van der Waals surface area contributed by atoms with Crippen LogP contribution >= 0.6 is 0 Å². The quantitative estimate of drug-likeness (QED) is 0.920. The first-order valence-electron chi connectivity index (χ1n) is 8.34. The molecular formula is C20H25NO2. The predicted octanol–water partition coefficient (Wildman–Crippen LogP) is 3.28. The molecular weight excluding hydrogens is 286 g/mol. The standard InChI is InChI=1S/C20H25NO2/c1-20(22,11-12-21-13-15-23-16-14-21)19-10-6-5-9-18(19)17-7-3-2-4-8-17/h2-10,22H,11-16H2,1H3. The van der Waals surface area contributed by atoms with E-state index in [1.165, 1.54) is 0 Å². The molecule has 3 heteroatoms. The summed E-state index contributed by atoms with van der Waals surface area (Å²) in [5, 5.41) is 11.1. The van der Waals surface area contributed by atoms with Crippen molar-refractivity contribution >= 4 is 0 Å². The SMILES string of the molecule is CC(O)(CCN1CCOCC1)c1ccccc1-c1ccccc1. The maximum Gasteiger partial charge on any atom is 0.0886 e. The van der Waals surface area contributed by atoms with Crippen LogP contribution in [0.15, 0.2) is 54.6 Å². The van der Waals surface area contributed by atoms with E-state index in [1.807, 2.05) is 43.3 Å². The summed E-state index contributed by atoms with van der Waals surface area (Å²) in [6, 6.07) is 18.4. The molecule has 1 N–H and O–H groups in total. The molecule has 0 spiro atoms. The van der Waals surface area contributed by atoms with Gasteiger partial charge in [0.1, 0.15) is 0 Å². The van der Waals surface area contributed by atoms with Crippen molar-refractivity contribution in [3.8, 4) is 11.1 Å². The Morgan fingerprint density at radius 3 is 2.39 bits per heavy atom. The Hall–Kier alpha value is -1.68. The molecule has 1 atom stereocenters. The van der Waals surface area contributed by atoms with Gasteiger partial charge in [0.05, 0.1) is 18.8 Å². The minimum atomic E-state index is -0.843. The van der Waals surface area contributed by atoms with Crippen LogP contribution in [0.25, 0.3) is 11.1 Å². The molecule has 0 bridgehead atoms. The lowest BCUT2D eigenvalue weighted by Crippen LogP contribution is -2.39. The van der Waals surface area contributed by atoms with Gasteiger partial charge in [0, 0.05) is 19.6 Å². The topological polar surface area (TPSA) is 32.7 Å². The fourth-order valence-corrected chi connectivity index (χ4v) is 3.16. The molecule has 1 heterocycles. The van der Waals surface area contributed by atoms with Gasteiger partial charge in [0.25, 0.3) is 0 Å². The molecule has 3 nitrogen and oxygen atoms in total. The minimum Gasteiger partial charge on any atom is -0.385 e. The summed E-state index contributed by atoms with van der Waals surface area (Å²) in [6.07, 6.45) is 0.719. The normalized spacial score (nSPS) is 18.5. The summed E-state index contributed by atoms with van der Waals surface area (Å²) in [5.74, 6) is 0. The van der Waals surface area contributed by atoms with Gasteiger partial charge in [0.15, 0.2) is 0 Å². The van der Waals surface area contributed by atoms with Crippen LogP contribution in [-0.2, 0) is 10.3 Å². The fourth-order valence-electron chi connectivity index (χ4n) is 3.16. The monoisotopic (exact) mass is 311 g/mol. The fraction of sp³-hybridized carbons (Fsp3) is 0.400. The second-order valence-electron chi connectivity index (χ2n) is 6.39. The van der Waals surface area contributed by atoms with Crippen LogP contribution in [0, 0.1) is 0 Å². The average Bonchev–Trinajstić information content (AvgIpc) is 2.62. The van der Waals surface area contributed by atoms with Crippen molar-refractivity contribution < 1.29 is 9.84 Å². The molecule has 23 heavy (non-hydrogen) atoms. The Morgan fingerprint density at radius 1 is 1.00 bits per heavy atom. The lowest BCUT2D eigenvalue weighted by atomic mass is 9.86. The molecule has 3 rings (SSSR count). The minimum absolute atomic E-state index is 0.719. The Morgan fingerprint density at radius 2 is 1.65 bits per heavy atom. The molecule has 1 unspecified atom stereocenters. The van der Waals surface area contributed by atoms with E-state index in [9.17, 15) is 5.11 Å². The van der Waals surface area contributed by atoms with Gasteiger partial charge in [-0.2, -0.15) is 0 Å². The number of benzene rings is 2. The molecule has 0 aromatic heterocycles. The number of ether oxygens (including phenoxy) is 1. The number of hydrogen-bond acceptors (Lipinski definition) is 3. The van der Waals surface area contributed by atoms with Crippen molar-refractivity contribution in [2.45, 2.75) is 18.9 Å². The van der Waals surface area contributed by atoms with Gasteiger partial charge in [-0.25, -0.2) is 0 Å². The van der Waals surface area contributed by atoms with Crippen LogP contribution in [0.1, 0.15) is 18.9 Å². The van der Waals surface area contributed by atoms with Gasteiger partial charge in [-0.15, -0.1) is 0 Å². The first-order chi connectivity index (χ1) is 11.2. The van der Waals surface area contributed by atoms with Gasteiger partial charge >= 0.3 is 0 Å². The molecule has 1 aliphatic heterocycles. The molecule has 2 aromatic carbocycles. The van der Waals surface area contributed by atoms with Crippen LogP contribution in [-0.4, -0.2) is 42.9 Å². The van der Waals surface area contributed by atoms with Crippen molar-refractivity contribution in [3.05, 3.63) is 60.2 Å². The van der Waals surface area contributed by atoms with Gasteiger partial charge in [0.2, 0.25) is 0 Å². The maximum atomic E-state index is 11.1. The number of morpholine rings is 1. The van der Waals surface area contributed by atoms with Crippen LogP contribution in [0.3, 0.4) is 0 Å². The zero-order valence-corrected chi connectivity index (χ0v) is 13.7. The third kappa shape index (κ3) is 3.99. The van der Waals surface area contributed by atoms with Crippen molar-refractivity contribution in [1.29, 1.82) is 0 Å². The highest BCUT2D eigenvalue weighted by molar-refractivity contribution is 5.68. The largest absolute Gasteiger partial charge is 0.385 e. The molecule has 0 saturated carbocycles. The average molecular weight is 311 g/mol. The first-order valence-corrected chi connectivity index (χ1v) is 8.34. The van der Waals surface area contributed by atoms with E-state index < -0.39 is 5.60 Å². The van der Waals surface area contributed by atoms with E-state index in [1.54, 1.807) is 0 Å². The third-order valence-corrected chi connectivity index (χ3v) is 4.61. The van der Waals surface area contributed by atoms with Crippen molar-refractivity contribution in [1.82, 2.24) is 4.90 Å². The molecule has 1 fully saturated rings. The van der Waals surface area contributed by atoms with Crippen LogP contribution in [0.5, 0.6) is 0 Å². The van der Waals surface area contributed by atoms with Crippen LogP contribution in [0.2, 0.25) is 0 Å².